The number of hydrogen-bond donors (Lipinski definition) is 15. The van der Waals surface area contributed by atoms with Gasteiger partial charge in [0.05, 0.1) is 51.8 Å². The van der Waals surface area contributed by atoms with Crippen LogP contribution in [0.5, 0.6) is 0 Å². The van der Waals surface area contributed by atoms with Crippen molar-refractivity contribution in [2.45, 2.75) is 62.3 Å². The third-order valence-corrected chi connectivity index (χ3v) is 8.36. The summed E-state index contributed by atoms with van der Waals surface area (Å²) in [7, 11) is 0. The number of aliphatic hydroxyl groups excluding tert-OH is 1. The summed E-state index contributed by atoms with van der Waals surface area (Å²) in [5, 5.41) is 46.1. The van der Waals surface area contributed by atoms with Gasteiger partial charge in [0, 0.05) is 18.8 Å². The second-order valence-electron chi connectivity index (χ2n) is 12.6. The van der Waals surface area contributed by atoms with Crippen LogP contribution >= 0.6 is 12.6 Å². The maximum Gasteiger partial charge on any atom is 0.326 e. The molecule has 1 saturated heterocycles. The molecule has 1 rings (SSSR count). The normalized spacial score (nSPS) is 15.1. The van der Waals surface area contributed by atoms with Gasteiger partial charge in [-0.25, -0.2) is 4.79 Å². The summed E-state index contributed by atoms with van der Waals surface area (Å²) >= 11 is 3.86. The van der Waals surface area contributed by atoms with Crippen molar-refractivity contribution in [2.24, 2.45) is 22.2 Å². The predicted molar refractivity (Wildman–Crippen MR) is 204 cm³/mol. The van der Waals surface area contributed by atoms with Gasteiger partial charge in [0.2, 0.25) is 53.2 Å². The molecule has 0 saturated carbocycles. The molecule has 28 heteroatoms. The molecule has 0 bridgehead atoms. The van der Waals surface area contributed by atoms with Gasteiger partial charge in [0.15, 0.2) is 5.96 Å². The first-order valence-electron chi connectivity index (χ1n) is 17.8. The molecule has 1 aliphatic heterocycles. The number of hydrogen-bond acceptors (Lipinski definition) is 15. The first-order valence-corrected chi connectivity index (χ1v) is 18.4. The van der Waals surface area contributed by atoms with E-state index in [2.05, 4.69) is 60.2 Å². The zero-order valence-electron chi connectivity index (χ0n) is 31.7. The number of thiol groups is 1. The van der Waals surface area contributed by atoms with Gasteiger partial charge in [0.1, 0.15) is 24.2 Å². The zero-order valence-corrected chi connectivity index (χ0v) is 32.6. The van der Waals surface area contributed by atoms with Crippen molar-refractivity contribution in [3.05, 3.63) is 0 Å². The molecule has 5 atom stereocenters. The minimum Gasteiger partial charge on any atom is -0.481 e. The highest BCUT2D eigenvalue weighted by molar-refractivity contribution is 7.80. The van der Waals surface area contributed by atoms with Crippen LogP contribution in [0.15, 0.2) is 4.99 Å². The molecule has 0 aromatic carbocycles. The lowest BCUT2D eigenvalue weighted by atomic mass is 10.1. The number of carbonyl (C=O) groups is 11. The van der Waals surface area contributed by atoms with Gasteiger partial charge in [-0.05, 0) is 25.7 Å². The third kappa shape index (κ3) is 20.1. The average molecular weight is 862 g/mol. The van der Waals surface area contributed by atoms with E-state index in [1.807, 2.05) is 0 Å². The number of aliphatic carboxylic acids is 2. The monoisotopic (exact) mass is 861 g/mol. The molecule has 0 aliphatic carbocycles. The summed E-state index contributed by atoms with van der Waals surface area (Å²) in [5.41, 5.74) is 16.1. The lowest BCUT2D eigenvalue weighted by molar-refractivity contribution is -0.150. The van der Waals surface area contributed by atoms with E-state index >= 15 is 0 Å². The van der Waals surface area contributed by atoms with E-state index < -0.39 is 141 Å². The number of nitrogens with one attached hydrogen (secondary N) is 8. The highest BCUT2D eigenvalue weighted by Gasteiger charge is 2.38. The van der Waals surface area contributed by atoms with Crippen LogP contribution in [0.25, 0.3) is 0 Å². The van der Waals surface area contributed by atoms with Gasteiger partial charge in [0.25, 0.3) is 0 Å². The van der Waals surface area contributed by atoms with Crippen LogP contribution in [0.1, 0.15) is 32.1 Å². The summed E-state index contributed by atoms with van der Waals surface area (Å²) in [6.07, 6.45) is -0.481. The van der Waals surface area contributed by atoms with Crippen LogP contribution in [-0.4, -0.2) is 180 Å². The first kappa shape index (κ1) is 50.7. The standard InChI is InChI=1S/C31H51N13O14S/c32-15(14-59)26(53)39-10-22(48)37-8-20(46)36-9-21(47)38-11-23(49)41-16(3-1-5-35-31(33)34)27(54)40-12-24(50)42-17(7-25(51)52)28(55)43-18(13-45)29(56)44-6-2-4-19(44)30(57)58/h15-19,45,59H,1-14,32H2,(H,36,46)(H,37,48)(H,38,47)(H,39,53)(H,40,54)(H,41,49)(H,42,50)(H,43,55)(H,51,52)(H,57,58)(H4,33,34,35)/t15-,16-,17-,18-,19-/m0/s1. The number of rotatable bonds is 26. The highest BCUT2D eigenvalue weighted by Crippen LogP contribution is 2.18. The quantitative estimate of drug-likeness (QED) is 0.0166. The van der Waals surface area contributed by atoms with Crippen LogP contribution in [-0.2, 0) is 52.7 Å². The Hall–Kier alpha value is -6.29. The molecule has 59 heavy (non-hydrogen) atoms. The zero-order chi connectivity index (χ0) is 44.7. The number of aliphatic imine (C=N–C) groups is 1. The molecule has 9 amide bonds. The Balaban J connectivity index is 2.75. The van der Waals surface area contributed by atoms with Gasteiger partial charge in [-0.2, -0.15) is 12.6 Å². The molecule has 0 aromatic heterocycles. The van der Waals surface area contributed by atoms with Crippen molar-refractivity contribution in [3.8, 4) is 0 Å². The fourth-order valence-electron chi connectivity index (χ4n) is 4.99. The predicted octanol–water partition coefficient (Wildman–Crippen LogP) is -9.12. The van der Waals surface area contributed by atoms with Gasteiger partial charge in [-0.3, -0.25) is 52.9 Å². The van der Waals surface area contributed by atoms with Crippen LogP contribution in [0.2, 0.25) is 0 Å². The molecular formula is C31H51N13O14S. The topological polar surface area (TPSA) is 438 Å². The number of carboxylic acids is 2. The fourth-order valence-corrected chi connectivity index (χ4v) is 5.15. The Labute approximate surface area is 341 Å². The van der Waals surface area contributed by atoms with Crippen molar-refractivity contribution in [3.63, 3.8) is 0 Å². The lowest BCUT2D eigenvalue weighted by Gasteiger charge is -2.27. The molecular weight excluding hydrogens is 810 g/mol. The van der Waals surface area contributed by atoms with E-state index in [9.17, 15) is 68.1 Å². The Morgan fingerprint density at radius 2 is 1.20 bits per heavy atom. The molecule has 0 aromatic rings. The van der Waals surface area contributed by atoms with Crippen LogP contribution in [0.4, 0.5) is 0 Å². The molecule has 1 aliphatic rings. The van der Waals surface area contributed by atoms with Crippen molar-refractivity contribution in [2.75, 3.05) is 58.2 Å². The summed E-state index contributed by atoms with van der Waals surface area (Å²) in [5.74, 6) is -11.1. The second kappa shape index (κ2) is 26.6. The number of carboxylic acid groups (broad SMARTS) is 2. The SMILES string of the molecule is NC(N)=NCCC[C@H](NC(=O)CNC(=O)CNC(=O)CNC(=O)CNC(=O)[C@@H](N)CS)C(=O)NCC(=O)N[C@@H](CC(=O)O)C(=O)N[C@@H](CO)C(=O)N1CCC[C@H]1C(=O)O. The smallest absolute Gasteiger partial charge is 0.326 e. The van der Waals surface area contributed by atoms with E-state index in [1.165, 1.54) is 0 Å². The summed E-state index contributed by atoms with van der Waals surface area (Å²) in [6.45, 7) is -4.10. The largest absolute Gasteiger partial charge is 0.481 e. The maximum absolute atomic E-state index is 13.0. The Kier molecular flexibility index (Phi) is 22.9. The number of aliphatic hydroxyl groups is 1. The van der Waals surface area contributed by atoms with Gasteiger partial charge in [-0.15, -0.1) is 0 Å². The summed E-state index contributed by atoms with van der Waals surface area (Å²) in [4.78, 5) is 140. The highest BCUT2D eigenvalue weighted by atomic mass is 32.1. The Bertz CT molecular complexity index is 1600. The first-order chi connectivity index (χ1) is 27.8. The minimum atomic E-state index is -1.82. The Morgan fingerprint density at radius 3 is 1.71 bits per heavy atom. The number of guanidine groups is 1. The molecule has 1 fully saturated rings. The Morgan fingerprint density at radius 1 is 0.695 bits per heavy atom. The van der Waals surface area contributed by atoms with Gasteiger partial charge < -0.3 is 80.0 Å². The van der Waals surface area contributed by atoms with E-state index in [4.69, 9.17) is 17.2 Å². The van der Waals surface area contributed by atoms with Crippen molar-refractivity contribution in [1.29, 1.82) is 0 Å². The minimum absolute atomic E-state index is 0.0241. The van der Waals surface area contributed by atoms with E-state index in [0.717, 1.165) is 4.90 Å². The van der Waals surface area contributed by atoms with E-state index in [1.54, 1.807) is 0 Å². The molecule has 17 N–H and O–H groups in total. The van der Waals surface area contributed by atoms with Crippen LogP contribution < -0.4 is 59.7 Å². The second-order valence-corrected chi connectivity index (χ2v) is 13.0. The molecule has 330 valence electrons. The fraction of sp³-hybridized carbons (Fsp3) is 0.613. The molecule has 0 spiro atoms. The van der Waals surface area contributed by atoms with Crippen LogP contribution in [0.3, 0.4) is 0 Å². The number of nitrogens with zero attached hydrogens (tertiary/aromatic N) is 2. The van der Waals surface area contributed by atoms with Crippen LogP contribution in [0, 0.1) is 0 Å². The molecule has 27 nitrogen and oxygen atoms in total. The number of likely N-dealkylation sites (tertiary alicyclic amines) is 1. The lowest BCUT2D eigenvalue weighted by Crippen LogP contribution is -2.58. The van der Waals surface area contributed by atoms with Crippen molar-refractivity contribution < 1.29 is 68.1 Å². The van der Waals surface area contributed by atoms with E-state index in [-0.39, 0.29) is 44.1 Å². The third-order valence-electron chi connectivity index (χ3n) is 7.96. The van der Waals surface area contributed by atoms with E-state index in [0.29, 0.717) is 6.42 Å². The molecule has 1 heterocycles. The number of amides is 9. The summed E-state index contributed by atoms with van der Waals surface area (Å²) < 4.78 is 0. The molecule has 0 radical (unpaired) electrons. The number of nitrogens with two attached hydrogens (primary N) is 3. The summed E-state index contributed by atoms with van der Waals surface area (Å²) in [6, 6.07) is -6.97. The van der Waals surface area contributed by atoms with Crippen molar-refractivity contribution in [1.82, 2.24) is 47.4 Å². The van der Waals surface area contributed by atoms with Crippen molar-refractivity contribution >= 4 is 83.7 Å². The molecule has 0 unspecified atom stereocenters. The van der Waals surface area contributed by atoms with Gasteiger partial charge in [-0.1, -0.05) is 0 Å². The number of carbonyl (C=O) groups excluding carboxylic acids is 9. The maximum atomic E-state index is 13.0. The average Bonchev–Trinajstić information content (AvgIpc) is 3.69. The van der Waals surface area contributed by atoms with Gasteiger partial charge >= 0.3 is 11.9 Å².